The van der Waals surface area contributed by atoms with Crippen molar-refractivity contribution in [2.75, 3.05) is 26.7 Å². The molecule has 1 N–H and O–H groups in total. The molecule has 2 aliphatic heterocycles. The average molecular weight is 539 g/mol. The summed E-state index contributed by atoms with van der Waals surface area (Å²) in [6.07, 6.45) is 0.899. The second-order valence-electron chi connectivity index (χ2n) is 10.4. The third-order valence-electron chi connectivity index (χ3n) is 7.20. The summed E-state index contributed by atoms with van der Waals surface area (Å²) in [7, 11) is 1.54. The number of Topliss-reactive ketones (excluding diaryl/α,β-unsaturated/α-hetero) is 1. The predicted octanol–water partition coefficient (Wildman–Crippen LogP) is 2.42. The number of rotatable bonds is 8. The van der Waals surface area contributed by atoms with Crippen molar-refractivity contribution in [3.05, 3.63) is 47.3 Å². The molecule has 2 fully saturated rings. The molecule has 0 radical (unpaired) electrons. The zero-order valence-corrected chi connectivity index (χ0v) is 23.0. The topological polar surface area (TPSA) is 107 Å². The van der Waals surface area contributed by atoms with Crippen molar-refractivity contribution in [2.45, 2.75) is 51.7 Å². The molecule has 1 aromatic heterocycles. The number of hydrogen-bond acceptors (Lipinski definition) is 6. The summed E-state index contributed by atoms with van der Waals surface area (Å²) >= 11 is 1.62. The van der Waals surface area contributed by atoms with E-state index in [1.807, 2.05) is 43.5 Å². The van der Waals surface area contributed by atoms with Crippen LogP contribution in [-0.4, -0.2) is 88.9 Å². The number of hydrogen-bond donors (Lipinski definition) is 1. The summed E-state index contributed by atoms with van der Waals surface area (Å²) in [6, 6.07) is 9.31. The van der Waals surface area contributed by atoms with Gasteiger partial charge < -0.3 is 20.0 Å². The van der Waals surface area contributed by atoms with Gasteiger partial charge in [0.15, 0.2) is 5.78 Å². The van der Waals surface area contributed by atoms with Gasteiger partial charge in [-0.05, 0) is 47.9 Å². The lowest BCUT2D eigenvalue weighted by molar-refractivity contribution is -0.139. The summed E-state index contributed by atoms with van der Waals surface area (Å²) in [6.45, 7) is 5.45. The number of carbonyl (C=O) groups is 5. The molecule has 3 atom stereocenters. The fraction of sp³-hybridized carbons (Fsp3) is 0.464. The first-order valence-electron chi connectivity index (χ1n) is 12.9. The second kappa shape index (κ2) is 11.5. The molecule has 2 aromatic rings. The van der Waals surface area contributed by atoms with Crippen LogP contribution >= 0.6 is 11.3 Å². The summed E-state index contributed by atoms with van der Waals surface area (Å²) < 4.78 is 0. The van der Waals surface area contributed by atoms with Crippen molar-refractivity contribution in [1.82, 2.24) is 20.0 Å². The lowest BCUT2D eigenvalue weighted by Crippen LogP contribution is -2.53. The highest BCUT2D eigenvalue weighted by molar-refractivity contribution is 7.13. The monoisotopic (exact) mass is 538 g/mol. The number of benzene rings is 1. The normalized spacial score (nSPS) is 19.4. The van der Waals surface area contributed by atoms with Crippen molar-refractivity contribution < 1.29 is 24.0 Å². The summed E-state index contributed by atoms with van der Waals surface area (Å²) in [5.41, 5.74) is 1.47. The summed E-state index contributed by atoms with van der Waals surface area (Å²) in [5, 5.41) is 4.90. The Morgan fingerprint density at radius 3 is 2.42 bits per heavy atom. The van der Waals surface area contributed by atoms with Crippen molar-refractivity contribution in [2.24, 2.45) is 5.92 Å². The molecule has 0 bridgehead atoms. The molecule has 0 saturated carbocycles. The van der Waals surface area contributed by atoms with Crippen molar-refractivity contribution in [3.63, 3.8) is 0 Å². The molecule has 3 heterocycles. The van der Waals surface area contributed by atoms with E-state index in [0.717, 1.165) is 10.4 Å². The fourth-order valence-corrected chi connectivity index (χ4v) is 5.89. The third kappa shape index (κ3) is 5.80. The minimum Gasteiger partial charge on any atom is -0.340 e. The SMILES string of the molecule is CC(=O)N(C)CC(=O)N1CC(=O)C2C1CCN2C(=O)C(CC(C)C)NC(=O)c1ccc(-c2cccs2)cc1. The quantitative estimate of drug-likeness (QED) is 0.556. The number of nitrogens with zero attached hydrogens (tertiary/aromatic N) is 3. The van der Waals surface area contributed by atoms with E-state index in [9.17, 15) is 24.0 Å². The molecular weight excluding hydrogens is 504 g/mol. The fourth-order valence-electron chi connectivity index (χ4n) is 5.16. The largest absolute Gasteiger partial charge is 0.340 e. The first-order valence-corrected chi connectivity index (χ1v) is 13.7. The van der Waals surface area contributed by atoms with Crippen LogP contribution in [0.15, 0.2) is 41.8 Å². The Balaban J connectivity index is 1.46. The maximum absolute atomic E-state index is 13.7. The zero-order chi connectivity index (χ0) is 27.6. The minimum absolute atomic E-state index is 0.0819. The van der Waals surface area contributed by atoms with Gasteiger partial charge in [-0.1, -0.05) is 32.0 Å². The maximum atomic E-state index is 13.7. The van der Waals surface area contributed by atoms with Gasteiger partial charge in [0.1, 0.15) is 12.1 Å². The third-order valence-corrected chi connectivity index (χ3v) is 8.12. The Labute approximate surface area is 226 Å². The number of ketones is 1. The molecule has 202 valence electrons. The minimum atomic E-state index is -0.792. The summed E-state index contributed by atoms with van der Waals surface area (Å²) in [4.78, 5) is 69.6. The molecule has 38 heavy (non-hydrogen) atoms. The van der Waals surface area contributed by atoms with Gasteiger partial charge in [-0.25, -0.2) is 0 Å². The number of thiophene rings is 1. The number of likely N-dealkylation sites (tertiary alicyclic amines) is 2. The molecule has 0 spiro atoms. The van der Waals surface area contributed by atoms with Gasteiger partial charge in [-0.2, -0.15) is 0 Å². The van der Waals surface area contributed by atoms with E-state index in [2.05, 4.69) is 5.32 Å². The maximum Gasteiger partial charge on any atom is 0.251 e. The van der Waals surface area contributed by atoms with E-state index in [-0.39, 0.29) is 48.4 Å². The number of likely N-dealkylation sites (N-methyl/N-ethyl adjacent to an activating group) is 1. The van der Waals surface area contributed by atoms with Gasteiger partial charge >= 0.3 is 0 Å². The highest BCUT2D eigenvalue weighted by atomic mass is 32.1. The molecule has 10 heteroatoms. The number of fused-ring (bicyclic) bond motifs is 1. The van der Waals surface area contributed by atoms with Crippen molar-refractivity contribution in [1.29, 1.82) is 0 Å². The van der Waals surface area contributed by atoms with Crippen LogP contribution in [0.4, 0.5) is 0 Å². The predicted molar refractivity (Wildman–Crippen MR) is 144 cm³/mol. The molecule has 2 saturated heterocycles. The first kappa shape index (κ1) is 27.5. The molecule has 4 amide bonds. The Hall–Kier alpha value is -3.53. The van der Waals surface area contributed by atoms with Gasteiger partial charge in [0.05, 0.1) is 19.1 Å². The highest BCUT2D eigenvalue weighted by Gasteiger charge is 2.52. The molecule has 3 unspecified atom stereocenters. The lowest BCUT2D eigenvalue weighted by atomic mass is 10.0. The van der Waals surface area contributed by atoms with Crippen LogP contribution in [0, 0.1) is 5.92 Å². The lowest BCUT2D eigenvalue weighted by Gasteiger charge is -2.29. The zero-order valence-electron chi connectivity index (χ0n) is 22.2. The molecule has 4 rings (SSSR count). The smallest absolute Gasteiger partial charge is 0.251 e. The standard InChI is InChI=1S/C28H34N4O5S/c1-17(2)14-21(29-27(36)20-9-7-19(8-10-20)24-6-5-13-38-24)28(37)31-12-11-22-26(31)23(34)15-32(22)25(35)16-30(4)18(3)33/h5-10,13,17,21-22,26H,11-12,14-16H2,1-4H3,(H,29,36). The highest BCUT2D eigenvalue weighted by Crippen LogP contribution is 2.31. The summed E-state index contributed by atoms with van der Waals surface area (Å²) in [5.74, 6) is -1.27. The van der Waals surface area contributed by atoms with Crippen LogP contribution in [-0.2, 0) is 19.2 Å². The van der Waals surface area contributed by atoms with Gasteiger partial charge in [-0.3, -0.25) is 24.0 Å². The van der Waals surface area contributed by atoms with E-state index in [0.29, 0.717) is 24.9 Å². The molecule has 9 nitrogen and oxygen atoms in total. The van der Waals surface area contributed by atoms with Crippen LogP contribution in [0.3, 0.4) is 0 Å². The van der Waals surface area contributed by atoms with E-state index in [1.165, 1.54) is 28.7 Å². The van der Waals surface area contributed by atoms with Crippen LogP contribution in [0.5, 0.6) is 0 Å². The number of carbonyl (C=O) groups excluding carboxylic acids is 5. The first-order chi connectivity index (χ1) is 18.1. The molecule has 2 aliphatic rings. The van der Waals surface area contributed by atoms with Crippen LogP contribution in [0.25, 0.3) is 10.4 Å². The average Bonchev–Trinajstić information content (AvgIpc) is 3.62. The van der Waals surface area contributed by atoms with Gasteiger partial charge in [0, 0.05) is 31.0 Å². The molecule has 1 aromatic carbocycles. The number of nitrogens with one attached hydrogen (secondary N) is 1. The Morgan fingerprint density at radius 2 is 1.82 bits per heavy atom. The Kier molecular flexibility index (Phi) is 8.30. The Morgan fingerprint density at radius 1 is 1.11 bits per heavy atom. The van der Waals surface area contributed by atoms with Crippen LogP contribution in [0.1, 0.15) is 44.0 Å². The molecule has 0 aliphatic carbocycles. The van der Waals surface area contributed by atoms with E-state index < -0.39 is 18.1 Å². The second-order valence-corrected chi connectivity index (χ2v) is 11.4. The van der Waals surface area contributed by atoms with Gasteiger partial charge in [-0.15, -0.1) is 11.3 Å². The van der Waals surface area contributed by atoms with Crippen LogP contribution < -0.4 is 5.32 Å². The van der Waals surface area contributed by atoms with Crippen molar-refractivity contribution >= 4 is 40.7 Å². The van der Waals surface area contributed by atoms with E-state index in [1.54, 1.807) is 23.5 Å². The van der Waals surface area contributed by atoms with Gasteiger partial charge in [0.25, 0.3) is 5.91 Å². The van der Waals surface area contributed by atoms with E-state index >= 15 is 0 Å². The van der Waals surface area contributed by atoms with Crippen molar-refractivity contribution in [3.8, 4) is 10.4 Å². The van der Waals surface area contributed by atoms with E-state index in [4.69, 9.17) is 0 Å². The number of amides is 4. The Bertz CT molecular complexity index is 1210. The molecular formula is C28H34N4O5S. The van der Waals surface area contributed by atoms with Crippen LogP contribution in [0.2, 0.25) is 0 Å². The van der Waals surface area contributed by atoms with Gasteiger partial charge in [0.2, 0.25) is 17.7 Å².